The van der Waals surface area contributed by atoms with E-state index in [2.05, 4.69) is 21.8 Å². The van der Waals surface area contributed by atoms with Crippen LogP contribution in [0.5, 0.6) is 0 Å². The Bertz CT molecular complexity index is 275. The first-order valence-electron chi connectivity index (χ1n) is 5.40. The van der Waals surface area contributed by atoms with Gasteiger partial charge in [0.05, 0.1) is 0 Å². The van der Waals surface area contributed by atoms with Gasteiger partial charge in [-0.2, -0.15) is 0 Å². The minimum Gasteiger partial charge on any atom is -0.299 e. The van der Waals surface area contributed by atoms with Crippen molar-refractivity contribution in [2.75, 3.05) is 13.1 Å². The molecule has 14 heavy (non-hydrogen) atoms. The Labute approximate surface area is 85.2 Å². The van der Waals surface area contributed by atoms with E-state index < -0.39 is 0 Å². The molecule has 1 aliphatic rings. The average Bonchev–Trinajstić information content (AvgIpc) is 2.72. The molecule has 3 heteroatoms. The summed E-state index contributed by atoms with van der Waals surface area (Å²) in [5, 5.41) is 0. The average molecular weight is 191 g/mol. The quantitative estimate of drug-likeness (QED) is 0.727. The van der Waals surface area contributed by atoms with Gasteiger partial charge in [-0.25, -0.2) is 9.97 Å². The topological polar surface area (TPSA) is 29.0 Å². The van der Waals surface area contributed by atoms with Crippen LogP contribution in [-0.2, 0) is 13.0 Å². The number of aromatic nitrogens is 2. The fourth-order valence-corrected chi connectivity index (χ4v) is 1.84. The fourth-order valence-electron chi connectivity index (χ4n) is 1.84. The van der Waals surface area contributed by atoms with Crippen LogP contribution in [0.2, 0.25) is 0 Å². The van der Waals surface area contributed by atoms with Crippen LogP contribution >= 0.6 is 0 Å². The second kappa shape index (κ2) is 4.51. The molecule has 3 nitrogen and oxygen atoms in total. The molecule has 1 saturated heterocycles. The smallest absolute Gasteiger partial charge is 0.127 e. The number of likely N-dealkylation sites (tertiary alicyclic amines) is 1. The van der Waals surface area contributed by atoms with Crippen molar-refractivity contribution in [2.45, 2.75) is 32.7 Å². The SMILES string of the molecule is CCc1ncc(CN2CCCC2)cn1. The maximum Gasteiger partial charge on any atom is 0.127 e. The molecule has 1 fully saturated rings. The summed E-state index contributed by atoms with van der Waals surface area (Å²) in [6.07, 6.45) is 7.53. The minimum absolute atomic E-state index is 0.921. The lowest BCUT2D eigenvalue weighted by Gasteiger charge is -2.13. The third-order valence-corrected chi connectivity index (χ3v) is 2.68. The van der Waals surface area contributed by atoms with Gasteiger partial charge in [0, 0.05) is 30.9 Å². The summed E-state index contributed by atoms with van der Waals surface area (Å²) < 4.78 is 0. The second-order valence-corrected chi connectivity index (χ2v) is 3.84. The highest BCUT2D eigenvalue weighted by molar-refractivity contribution is 5.05. The summed E-state index contributed by atoms with van der Waals surface area (Å²) in [6, 6.07) is 0. The summed E-state index contributed by atoms with van der Waals surface area (Å²) in [5.41, 5.74) is 1.24. The van der Waals surface area contributed by atoms with E-state index in [4.69, 9.17) is 0 Å². The Morgan fingerprint density at radius 1 is 1.21 bits per heavy atom. The number of aryl methyl sites for hydroxylation is 1. The Balaban J connectivity index is 1.95. The Kier molecular flexibility index (Phi) is 3.09. The monoisotopic (exact) mass is 191 g/mol. The summed E-state index contributed by atoms with van der Waals surface area (Å²) >= 11 is 0. The molecule has 2 heterocycles. The van der Waals surface area contributed by atoms with Crippen LogP contribution in [0, 0.1) is 0 Å². The largest absolute Gasteiger partial charge is 0.299 e. The maximum absolute atomic E-state index is 4.30. The van der Waals surface area contributed by atoms with Gasteiger partial charge in [0.2, 0.25) is 0 Å². The Morgan fingerprint density at radius 2 is 1.86 bits per heavy atom. The number of hydrogen-bond donors (Lipinski definition) is 0. The molecule has 0 radical (unpaired) electrons. The van der Waals surface area contributed by atoms with Crippen molar-refractivity contribution in [3.63, 3.8) is 0 Å². The molecule has 0 bridgehead atoms. The molecular weight excluding hydrogens is 174 g/mol. The van der Waals surface area contributed by atoms with Crippen LogP contribution < -0.4 is 0 Å². The van der Waals surface area contributed by atoms with E-state index >= 15 is 0 Å². The summed E-state index contributed by atoms with van der Waals surface area (Å²) in [7, 11) is 0. The van der Waals surface area contributed by atoms with Gasteiger partial charge in [-0.15, -0.1) is 0 Å². The molecule has 1 aliphatic heterocycles. The minimum atomic E-state index is 0.921. The van der Waals surface area contributed by atoms with Gasteiger partial charge in [-0.1, -0.05) is 6.92 Å². The van der Waals surface area contributed by atoms with Crippen LogP contribution in [0.1, 0.15) is 31.2 Å². The standard InChI is InChI=1S/C11H17N3/c1-2-11-12-7-10(8-13-11)9-14-5-3-4-6-14/h7-8H,2-6,9H2,1H3. The van der Waals surface area contributed by atoms with Crippen molar-refractivity contribution in [3.05, 3.63) is 23.8 Å². The van der Waals surface area contributed by atoms with Crippen molar-refractivity contribution in [2.24, 2.45) is 0 Å². The van der Waals surface area contributed by atoms with E-state index in [-0.39, 0.29) is 0 Å². The predicted octanol–water partition coefficient (Wildman–Crippen LogP) is 1.63. The lowest BCUT2D eigenvalue weighted by Crippen LogP contribution is -2.18. The molecule has 1 aromatic heterocycles. The van der Waals surface area contributed by atoms with Crippen molar-refractivity contribution >= 4 is 0 Å². The van der Waals surface area contributed by atoms with E-state index in [1.165, 1.54) is 31.5 Å². The lowest BCUT2D eigenvalue weighted by atomic mass is 10.3. The van der Waals surface area contributed by atoms with Gasteiger partial charge >= 0.3 is 0 Å². The van der Waals surface area contributed by atoms with Crippen LogP contribution in [0.25, 0.3) is 0 Å². The van der Waals surface area contributed by atoms with Gasteiger partial charge in [0.15, 0.2) is 0 Å². The van der Waals surface area contributed by atoms with Crippen LogP contribution in [0.15, 0.2) is 12.4 Å². The van der Waals surface area contributed by atoms with Crippen LogP contribution in [0.4, 0.5) is 0 Å². The van der Waals surface area contributed by atoms with E-state index in [1.807, 2.05) is 12.4 Å². The predicted molar refractivity (Wildman–Crippen MR) is 55.9 cm³/mol. The van der Waals surface area contributed by atoms with E-state index in [9.17, 15) is 0 Å². The summed E-state index contributed by atoms with van der Waals surface area (Å²) in [6.45, 7) is 5.56. The third kappa shape index (κ3) is 2.29. The van der Waals surface area contributed by atoms with Gasteiger partial charge in [0.1, 0.15) is 5.82 Å². The fraction of sp³-hybridized carbons (Fsp3) is 0.636. The van der Waals surface area contributed by atoms with E-state index in [0.717, 1.165) is 18.8 Å². The number of rotatable bonds is 3. The van der Waals surface area contributed by atoms with Gasteiger partial charge in [-0.05, 0) is 25.9 Å². The van der Waals surface area contributed by atoms with Crippen molar-refractivity contribution in [1.29, 1.82) is 0 Å². The lowest BCUT2D eigenvalue weighted by molar-refractivity contribution is 0.330. The summed E-state index contributed by atoms with van der Waals surface area (Å²) in [5.74, 6) is 0.940. The van der Waals surface area contributed by atoms with Gasteiger partial charge in [-0.3, -0.25) is 4.90 Å². The molecule has 0 saturated carbocycles. The molecule has 0 atom stereocenters. The molecule has 0 amide bonds. The van der Waals surface area contributed by atoms with Crippen molar-refractivity contribution < 1.29 is 0 Å². The molecule has 0 spiro atoms. The molecule has 2 rings (SSSR count). The number of hydrogen-bond acceptors (Lipinski definition) is 3. The zero-order valence-electron chi connectivity index (χ0n) is 8.74. The Morgan fingerprint density at radius 3 is 2.43 bits per heavy atom. The third-order valence-electron chi connectivity index (χ3n) is 2.68. The van der Waals surface area contributed by atoms with Gasteiger partial charge < -0.3 is 0 Å². The maximum atomic E-state index is 4.30. The molecule has 0 aliphatic carbocycles. The highest BCUT2D eigenvalue weighted by Crippen LogP contribution is 2.11. The second-order valence-electron chi connectivity index (χ2n) is 3.84. The molecule has 0 aromatic carbocycles. The normalized spacial score (nSPS) is 17.5. The van der Waals surface area contributed by atoms with Crippen LogP contribution in [-0.4, -0.2) is 28.0 Å². The zero-order valence-corrected chi connectivity index (χ0v) is 8.74. The first kappa shape index (κ1) is 9.59. The number of nitrogens with zero attached hydrogens (tertiary/aromatic N) is 3. The zero-order chi connectivity index (χ0) is 9.80. The Hall–Kier alpha value is -0.960. The van der Waals surface area contributed by atoms with Gasteiger partial charge in [0.25, 0.3) is 0 Å². The molecule has 76 valence electrons. The molecular formula is C11H17N3. The molecule has 0 N–H and O–H groups in total. The van der Waals surface area contributed by atoms with E-state index in [1.54, 1.807) is 0 Å². The van der Waals surface area contributed by atoms with Crippen LogP contribution in [0.3, 0.4) is 0 Å². The molecule has 0 unspecified atom stereocenters. The highest BCUT2D eigenvalue weighted by atomic mass is 15.1. The first-order chi connectivity index (χ1) is 6.88. The van der Waals surface area contributed by atoms with Crippen molar-refractivity contribution in [3.8, 4) is 0 Å². The van der Waals surface area contributed by atoms with E-state index in [0.29, 0.717) is 0 Å². The molecule has 1 aromatic rings. The first-order valence-corrected chi connectivity index (χ1v) is 5.40. The highest BCUT2D eigenvalue weighted by Gasteiger charge is 2.11. The summed E-state index contributed by atoms with van der Waals surface area (Å²) in [4.78, 5) is 11.1. The van der Waals surface area contributed by atoms with Crippen molar-refractivity contribution in [1.82, 2.24) is 14.9 Å².